The van der Waals surface area contributed by atoms with Gasteiger partial charge in [0.2, 0.25) is 18.5 Å². The highest BCUT2D eigenvalue weighted by Crippen LogP contribution is 2.31. The number of nitrogens with zero attached hydrogens (tertiary/aromatic N) is 2. The van der Waals surface area contributed by atoms with Gasteiger partial charge >= 0.3 is 6.16 Å². The van der Waals surface area contributed by atoms with Gasteiger partial charge in [0, 0.05) is 37.3 Å². The van der Waals surface area contributed by atoms with Gasteiger partial charge in [-0.1, -0.05) is 52.8 Å². The van der Waals surface area contributed by atoms with Crippen LogP contribution in [-0.2, 0) is 25.4 Å². The first-order valence-corrected chi connectivity index (χ1v) is 16.7. The third-order valence-electron chi connectivity index (χ3n) is 6.25. The van der Waals surface area contributed by atoms with Crippen LogP contribution in [0.1, 0.15) is 104 Å². The Balaban J connectivity index is -0.000000892. The summed E-state index contributed by atoms with van der Waals surface area (Å²) in [5.41, 5.74) is 2.13. The van der Waals surface area contributed by atoms with E-state index in [9.17, 15) is 18.7 Å². The van der Waals surface area contributed by atoms with Crippen LogP contribution in [-0.4, -0.2) is 84.1 Å². The van der Waals surface area contributed by atoms with E-state index in [0.717, 1.165) is 56.6 Å². The van der Waals surface area contributed by atoms with Crippen molar-refractivity contribution in [1.29, 1.82) is 0 Å². The lowest BCUT2D eigenvalue weighted by Gasteiger charge is -2.32. The Hall–Kier alpha value is -2.80. The zero-order chi connectivity index (χ0) is 36.6. The molecule has 0 aliphatic carbocycles. The normalized spacial score (nSPS) is 19.2. The van der Waals surface area contributed by atoms with E-state index in [4.69, 9.17) is 33.9 Å². The highest BCUT2D eigenvalue weighted by molar-refractivity contribution is 5.59. The standard InChI is InChI=1S/C20H32N2O7.C5H10.C4H8.C2H4F2O.C2H6.C2H4/c1-4-17-13(3)22(14-6-8-25-9-7-14)21-19(17)29-18-11-15(23)10-16(28-18)12-27-20(24)26-5-2;1-3-5-4-2;1-3-4-2;3-1-2(4)5;2*1-2/h14-16,18,23H,4-12H2,1-3H3;3,5H,4H2,1-2H3;3H,1,4H2,2H3;2,5H,1H2;1-2H3;1-2H2/b;5-3-;;;;. The van der Waals surface area contributed by atoms with E-state index in [1.54, 1.807) is 6.92 Å². The summed E-state index contributed by atoms with van der Waals surface area (Å²) in [4.78, 5) is 11.4. The zero-order valence-electron chi connectivity index (χ0n) is 30.2. The van der Waals surface area contributed by atoms with Crippen LogP contribution in [0.2, 0.25) is 0 Å². The molecule has 0 amide bonds. The Labute approximate surface area is 282 Å². The number of aliphatic hydroxyl groups is 2. The maximum absolute atomic E-state index is 11.4. The van der Waals surface area contributed by atoms with Gasteiger partial charge in [-0.05, 0) is 52.9 Å². The van der Waals surface area contributed by atoms with Crippen molar-refractivity contribution in [2.75, 3.05) is 33.1 Å². The second kappa shape index (κ2) is 33.1. The van der Waals surface area contributed by atoms with Crippen LogP contribution in [0.4, 0.5) is 13.6 Å². The largest absolute Gasteiger partial charge is 0.508 e. The molecule has 276 valence electrons. The Morgan fingerprint density at radius 1 is 1.13 bits per heavy atom. The van der Waals surface area contributed by atoms with Crippen LogP contribution in [0.3, 0.4) is 0 Å². The number of aromatic nitrogens is 2. The van der Waals surface area contributed by atoms with Gasteiger partial charge in [-0.25, -0.2) is 13.6 Å². The first-order valence-electron chi connectivity index (χ1n) is 16.7. The molecule has 4 atom stereocenters. The maximum atomic E-state index is 11.4. The average molecular weight is 679 g/mol. The van der Waals surface area contributed by atoms with Crippen molar-refractivity contribution in [2.45, 2.75) is 131 Å². The summed E-state index contributed by atoms with van der Waals surface area (Å²) in [6, 6.07) is 0.301. The van der Waals surface area contributed by atoms with Crippen molar-refractivity contribution in [3.63, 3.8) is 0 Å². The fourth-order valence-electron chi connectivity index (χ4n) is 4.12. The summed E-state index contributed by atoms with van der Waals surface area (Å²) in [5.74, 6) is 0.542. The van der Waals surface area contributed by atoms with Crippen molar-refractivity contribution in [1.82, 2.24) is 9.78 Å². The van der Waals surface area contributed by atoms with Crippen molar-refractivity contribution in [3.8, 4) is 5.88 Å². The average Bonchev–Trinajstić information content (AvgIpc) is 3.41. The molecule has 3 rings (SSSR count). The molecule has 1 aromatic heterocycles. The van der Waals surface area contributed by atoms with Crippen LogP contribution >= 0.6 is 0 Å². The molecule has 2 fully saturated rings. The maximum Gasteiger partial charge on any atom is 0.508 e. The Morgan fingerprint density at radius 2 is 1.70 bits per heavy atom. The van der Waals surface area contributed by atoms with E-state index in [-0.39, 0.29) is 13.2 Å². The van der Waals surface area contributed by atoms with Gasteiger partial charge in [-0.3, -0.25) is 4.68 Å². The number of hydrogen-bond acceptors (Lipinski definition) is 9. The van der Waals surface area contributed by atoms with Crippen LogP contribution < -0.4 is 4.74 Å². The molecule has 0 spiro atoms. The minimum Gasteiger partial charge on any atom is -0.446 e. The molecule has 0 aromatic carbocycles. The molecule has 47 heavy (non-hydrogen) atoms. The van der Waals surface area contributed by atoms with Crippen LogP contribution in [0, 0.1) is 6.92 Å². The van der Waals surface area contributed by atoms with Gasteiger partial charge in [0.05, 0.1) is 24.9 Å². The molecule has 2 saturated heterocycles. The third kappa shape index (κ3) is 23.2. The van der Waals surface area contributed by atoms with E-state index in [0.29, 0.717) is 24.8 Å². The van der Waals surface area contributed by atoms with E-state index < -0.39 is 37.7 Å². The fourth-order valence-corrected chi connectivity index (χ4v) is 4.12. The number of rotatable bonds is 10. The topological polar surface area (TPSA) is 122 Å². The molecule has 0 radical (unpaired) electrons. The number of carbonyl (C=O) groups is 1. The summed E-state index contributed by atoms with van der Waals surface area (Å²) in [5, 5.41) is 22.3. The molecule has 2 aliphatic rings. The second-order valence-electron chi connectivity index (χ2n) is 9.70. The summed E-state index contributed by atoms with van der Waals surface area (Å²) in [6.45, 7) is 25.9. The molecule has 0 saturated carbocycles. The van der Waals surface area contributed by atoms with Gasteiger partial charge in [-0.15, -0.1) is 24.8 Å². The molecule has 10 nitrogen and oxygen atoms in total. The predicted octanol–water partition coefficient (Wildman–Crippen LogP) is 8.15. The minimum absolute atomic E-state index is 0.00588. The van der Waals surface area contributed by atoms with Gasteiger partial charge in [-0.2, -0.15) is 0 Å². The molecule has 2 N–H and O–H groups in total. The van der Waals surface area contributed by atoms with Crippen LogP contribution in [0.25, 0.3) is 0 Å². The van der Waals surface area contributed by atoms with E-state index in [1.807, 2.05) is 31.5 Å². The Bertz CT molecular complexity index is 908. The number of alkyl halides is 2. The van der Waals surface area contributed by atoms with E-state index in [2.05, 4.69) is 59.6 Å². The predicted molar refractivity (Wildman–Crippen MR) is 184 cm³/mol. The lowest BCUT2D eigenvalue weighted by Crippen LogP contribution is -2.41. The van der Waals surface area contributed by atoms with Gasteiger partial charge in [0.15, 0.2) is 0 Å². The smallest absolute Gasteiger partial charge is 0.446 e. The summed E-state index contributed by atoms with van der Waals surface area (Å²) in [7, 11) is 0. The Kier molecular flexibility index (Phi) is 34.2. The highest BCUT2D eigenvalue weighted by atomic mass is 19.2. The monoisotopic (exact) mass is 678 g/mol. The molecular formula is C35H64F2N2O8. The second-order valence-corrected chi connectivity index (χ2v) is 9.70. The van der Waals surface area contributed by atoms with Crippen molar-refractivity contribution in [2.24, 2.45) is 0 Å². The van der Waals surface area contributed by atoms with Crippen molar-refractivity contribution in [3.05, 3.63) is 49.2 Å². The van der Waals surface area contributed by atoms with Crippen LogP contribution in [0.15, 0.2) is 38.0 Å². The molecule has 1 aromatic rings. The number of halogens is 2. The third-order valence-corrected chi connectivity index (χ3v) is 6.25. The lowest BCUT2D eigenvalue weighted by atomic mass is 10.1. The van der Waals surface area contributed by atoms with Gasteiger partial charge < -0.3 is 33.9 Å². The summed E-state index contributed by atoms with van der Waals surface area (Å²) >= 11 is 0. The SMILES string of the molecule is C/C=C\CC.C=C.C=CCC.CC.CCOC(=O)OCC1CC(O)CC(Oc2nn(C3CCOCC3)c(C)c2CC)O1.OC(F)CF. The summed E-state index contributed by atoms with van der Waals surface area (Å²) in [6.07, 6.45) is 6.90. The lowest BCUT2D eigenvalue weighted by molar-refractivity contribution is -0.187. The molecular weight excluding hydrogens is 614 g/mol. The zero-order valence-corrected chi connectivity index (χ0v) is 30.2. The van der Waals surface area contributed by atoms with Gasteiger partial charge in [0.25, 0.3) is 0 Å². The fraction of sp³-hybridized carbons (Fsp3) is 0.714. The quantitative estimate of drug-likeness (QED) is 0.187. The van der Waals surface area contributed by atoms with E-state index in [1.165, 1.54) is 0 Å². The van der Waals surface area contributed by atoms with E-state index >= 15 is 0 Å². The number of allylic oxidation sites excluding steroid dienone is 3. The number of carbonyl (C=O) groups excluding carboxylic acids is 1. The van der Waals surface area contributed by atoms with Crippen LogP contribution in [0.5, 0.6) is 5.88 Å². The first-order chi connectivity index (χ1) is 22.6. The molecule has 2 aliphatic heterocycles. The molecule has 0 bridgehead atoms. The summed E-state index contributed by atoms with van der Waals surface area (Å²) < 4.78 is 50.4. The minimum atomic E-state index is -2.28. The number of aliphatic hydroxyl groups excluding tert-OH is 2. The first kappa shape index (κ1) is 48.6. The highest BCUT2D eigenvalue weighted by Gasteiger charge is 2.32. The number of ether oxygens (including phenoxy) is 5. The molecule has 3 heterocycles. The van der Waals surface area contributed by atoms with Gasteiger partial charge in [0.1, 0.15) is 13.3 Å². The number of hydrogen-bond donors (Lipinski definition) is 2. The molecule has 4 unspecified atom stereocenters. The van der Waals surface area contributed by atoms with Crippen molar-refractivity contribution < 1.29 is 47.5 Å². The van der Waals surface area contributed by atoms with Crippen molar-refractivity contribution >= 4 is 6.16 Å². The molecule has 12 heteroatoms. The Morgan fingerprint density at radius 3 is 2.13 bits per heavy atom.